The highest BCUT2D eigenvalue weighted by Crippen LogP contribution is 2.28. The maximum atomic E-state index is 12.3. The number of carbonyl (C=O) groups is 2. The molecule has 2 aromatic carbocycles. The van der Waals surface area contributed by atoms with E-state index in [-0.39, 0.29) is 0 Å². The summed E-state index contributed by atoms with van der Waals surface area (Å²) >= 11 is 0. The van der Waals surface area contributed by atoms with Crippen molar-refractivity contribution in [3.05, 3.63) is 53.6 Å². The number of benzene rings is 2. The maximum absolute atomic E-state index is 12.3. The molecule has 0 aliphatic carbocycles. The zero-order valence-electron chi connectivity index (χ0n) is 15.0. The Hall–Kier alpha value is -3.22. The van der Waals surface area contributed by atoms with Gasteiger partial charge in [-0.1, -0.05) is 6.07 Å². The second-order valence-electron chi connectivity index (χ2n) is 5.17. The van der Waals surface area contributed by atoms with Crippen LogP contribution in [0.25, 0.3) is 0 Å². The van der Waals surface area contributed by atoms with Crippen LogP contribution in [0.4, 0.5) is 0 Å². The number of rotatable bonds is 7. The van der Waals surface area contributed by atoms with E-state index in [0.29, 0.717) is 41.6 Å². The summed E-state index contributed by atoms with van der Waals surface area (Å²) < 4.78 is 16.0. The second kappa shape index (κ2) is 9.31. The van der Waals surface area contributed by atoms with Crippen molar-refractivity contribution < 1.29 is 23.8 Å². The Bertz CT molecular complexity index is 776. The van der Waals surface area contributed by atoms with E-state index in [1.807, 2.05) is 13.8 Å². The smallest absolute Gasteiger partial charge is 0.269 e. The average molecular weight is 358 g/mol. The van der Waals surface area contributed by atoms with Crippen molar-refractivity contribution in [1.29, 1.82) is 0 Å². The van der Waals surface area contributed by atoms with E-state index in [1.54, 1.807) is 42.5 Å². The molecule has 7 heteroatoms. The Kier molecular flexibility index (Phi) is 6.84. The van der Waals surface area contributed by atoms with Gasteiger partial charge in [-0.3, -0.25) is 20.4 Å². The molecule has 0 unspecified atom stereocenters. The van der Waals surface area contributed by atoms with Gasteiger partial charge in [0, 0.05) is 11.1 Å². The Morgan fingerprint density at radius 3 is 2.08 bits per heavy atom. The van der Waals surface area contributed by atoms with Crippen molar-refractivity contribution in [1.82, 2.24) is 10.9 Å². The summed E-state index contributed by atoms with van der Waals surface area (Å²) in [5, 5.41) is 0. The van der Waals surface area contributed by atoms with E-state index >= 15 is 0 Å². The minimum Gasteiger partial charge on any atom is -0.497 e. The highest BCUT2D eigenvalue weighted by molar-refractivity contribution is 5.99. The van der Waals surface area contributed by atoms with Gasteiger partial charge < -0.3 is 14.2 Å². The minimum absolute atomic E-state index is 0.336. The van der Waals surface area contributed by atoms with Crippen molar-refractivity contribution >= 4 is 11.8 Å². The van der Waals surface area contributed by atoms with Gasteiger partial charge in [-0.2, -0.15) is 0 Å². The molecule has 0 aromatic heterocycles. The van der Waals surface area contributed by atoms with Crippen LogP contribution in [0.2, 0.25) is 0 Å². The molecule has 7 nitrogen and oxygen atoms in total. The Balaban J connectivity index is 2.04. The van der Waals surface area contributed by atoms with E-state index in [4.69, 9.17) is 14.2 Å². The van der Waals surface area contributed by atoms with Crippen LogP contribution in [0.5, 0.6) is 17.2 Å². The number of hydrazine groups is 1. The van der Waals surface area contributed by atoms with Gasteiger partial charge in [0.15, 0.2) is 11.5 Å². The Morgan fingerprint density at radius 2 is 1.46 bits per heavy atom. The van der Waals surface area contributed by atoms with Gasteiger partial charge >= 0.3 is 0 Å². The second-order valence-corrected chi connectivity index (χ2v) is 5.17. The summed E-state index contributed by atoms with van der Waals surface area (Å²) in [5.41, 5.74) is 5.46. The zero-order chi connectivity index (χ0) is 18.9. The Morgan fingerprint density at radius 1 is 0.846 bits per heavy atom. The third-order valence-corrected chi connectivity index (χ3v) is 3.43. The van der Waals surface area contributed by atoms with E-state index < -0.39 is 11.8 Å². The van der Waals surface area contributed by atoms with Crippen LogP contribution in [-0.2, 0) is 0 Å². The third kappa shape index (κ3) is 4.89. The molecule has 138 valence electrons. The van der Waals surface area contributed by atoms with Gasteiger partial charge in [0.05, 0.1) is 20.3 Å². The largest absolute Gasteiger partial charge is 0.497 e. The molecule has 0 radical (unpaired) electrons. The van der Waals surface area contributed by atoms with Gasteiger partial charge in [-0.25, -0.2) is 0 Å². The molecule has 0 aliphatic rings. The van der Waals surface area contributed by atoms with Crippen molar-refractivity contribution in [2.75, 3.05) is 20.3 Å². The number of carbonyl (C=O) groups excluding carboxylic acids is 2. The van der Waals surface area contributed by atoms with Crippen LogP contribution in [0.15, 0.2) is 42.5 Å². The maximum Gasteiger partial charge on any atom is 0.269 e. The number of hydrogen-bond donors (Lipinski definition) is 2. The van der Waals surface area contributed by atoms with Gasteiger partial charge in [0.25, 0.3) is 11.8 Å². The SMILES string of the molecule is CCOc1ccc(C(=O)NNC(=O)c2cccc(OC)c2)cc1OCC. The summed E-state index contributed by atoms with van der Waals surface area (Å²) in [5.74, 6) is 0.669. The molecular weight excluding hydrogens is 336 g/mol. The molecule has 2 aromatic rings. The molecule has 26 heavy (non-hydrogen) atoms. The topological polar surface area (TPSA) is 85.9 Å². The molecule has 0 saturated heterocycles. The van der Waals surface area contributed by atoms with Gasteiger partial charge in [-0.05, 0) is 50.2 Å². The molecule has 0 saturated carbocycles. The fourth-order valence-electron chi connectivity index (χ4n) is 2.21. The fourth-order valence-corrected chi connectivity index (χ4v) is 2.21. The van der Waals surface area contributed by atoms with Crippen LogP contribution in [0, 0.1) is 0 Å². The molecule has 0 atom stereocenters. The molecule has 0 bridgehead atoms. The van der Waals surface area contributed by atoms with Crippen LogP contribution >= 0.6 is 0 Å². The predicted molar refractivity (Wildman–Crippen MR) is 96.7 cm³/mol. The number of nitrogens with one attached hydrogen (secondary N) is 2. The standard InChI is InChI=1S/C19H22N2O5/c1-4-25-16-10-9-14(12-17(16)26-5-2)19(23)21-20-18(22)13-7-6-8-15(11-13)24-3/h6-12H,4-5H2,1-3H3,(H,20,22)(H,21,23). The van der Waals surface area contributed by atoms with Crippen LogP contribution in [-0.4, -0.2) is 32.1 Å². The van der Waals surface area contributed by atoms with Crippen molar-refractivity contribution in [2.24, 2.45) is 0 Å². The highest BCUT2D eigenvalue weighted by Gasteiger charge is 2.13. The van der Waals surface area contributed by atoms with Gasteiger partial charge in [-0.15, -0.1) is 0 Å². The average Bonchev–Trinajstić information content (AvgIpc) is 2.67. The molecular formula is C19H22N2O5. The molecule has 2 amide bonds. The molecule has 2 rings (SSSR count). The normalized spacial score (nSPS) is 9.96. The number of methoxy groups -OCH3 is 1. The first-order chi connectivity index (χ1) is 12.6. The lowest BCUT2D eigenvalue weighted by atomic mass is 10.2. The van der Waals surface area contributed by atoms with Gasteiger partial charge in [0.2, 0.25) is 0 Å². The lowest BCUT2D eigenvalue weighted by Gasteiger charge is -2.13. The lowest BCUT2D eigenvalue weighted by Crippen LogP contribution is -2.41. The summed E-state index contributed by atoms with van der Waals surface area (Å²) in [6, 6.07) is 11.4. The van der Waals surface area contributed by atoms with Crippen molar-refractivity contribution in [3.8, 4) is 17.2 Å². The Labute approximate surface area is 152 Å². The van der Waals surface area contributed by atoms with E-state index in [0.717, 1.165) is 0 Å². The van der Waals surface area contributed by atoms with E-state index in [9.17, 15) is 9.59 Å². The molecule has 0 heterocycles. The van der Waals surface area contributed by atoms with Gasteiger partial charge in [0.1, 0.15) is 5.75 Å². The number of amides is 2. The molecule has 0 aliphatic heterocycles. The van der Waals surface area contributed by atoms with E-state index in [1.165, 1.54) is 7.11 Å². The summed E-state index contributed by atoms with van der Waals surface area (Å²) in [7, 11) is 1.51. The zero-order valence-corrected chi connectivity index (χ0v) is 15.0. The summed E-state index contributed by atoms with van der Waals surface area (Å²) in [4.78, 5) is 24.4. The van der Waals surface area contributed by atoms with Crippen molar-refractivity contribution in [2.45, 2.75) is 13.8 Å². The molecule has 0 spiro atoms. The molecule has 0 fully saturated rings. The fraction of sp³-hybridized carbons (Fsp3) is 0.263. The minimum atomic E-state index is -0.467. The van der Waals surface area contributed by atoms with Crippen LogP contribution in [0.1, 0.15) is 34.6 Å². The first-order valence-corrected chi connectivity index (χ1v) is 8.23. The molecule has 2 N–H and O–H groups in total. The number of ether oxygens (including phenoxy) is 3. The lowest BCUT2D eigenvalue weighted by molar-refractivity contribution is 0.0846. The monoisotopic (exact) mass is 358 g/mol. The van der Waals surface area contributed by atoms with E-state index in [2.05, 4.69) is 10.9 Å². The summed E-state index contributed by atoms with van der Waals surface area (Å²) in [6.07, 6.45) is 0. The van der Waals surface area contributed by atoms with Crippen LogP contribution < -0.4 is 25.1 Å². The highest BCUT2D eigenvalue weighted by atomic mass is 16.5. The quantitative estimate of drug-likeness (QED) is 0.743. The summed E-state index contributed by atoms with van der Waals surface area (Å²) in [6.45, 7) is 4.64. The number of hydrogen-bond acceptors (Lipinski definition) is 5. The predicted octanol–water partition coefficient (Wildman–Crippen LogP) is 2.57. The van der Waals surface area contributed by atoms with Crippen LogP contribution in [0.3, 0.4) is 0 Å². The third-order valence-electron chi connectivity index (χ3n) is 3.43. The first-order valence-electron chi connectivity index (χ1n) is 8.23. The van der Waals surface area contributed by atoms with Crippen molar-refractivity contribution in [3.63, 3.8) is 0 Å². The first kappa shape index (κ1) is 19.1.